The van der Waals surface area contributed by atoms with E-state index in [9.17, 15) is 4.79 Å². The summed E-state index contributed by atoms with van der Waals surface area (Å²) in [6.45, 7) is 2.73. The fraction of sp³-hybridized carbons (Fsp3) is 0.444. The number of hydrogen-bond donors (Lipinski definition) is 0. The van der Waals surface area contributed by atoms with Crippen molar-refractivity contribution in [3.63, 3.8) is 0 Å². The maximum atomic E-state index is 12.8. The summed E-state index contributed by atoms with van der Waals surface area (Å²) in [7, 11) is 3.30. The molecule has 1 saturated heterocycles. The topological polar surface area (TPSA) is 51.7 Å². The van der Waals surface area contributed by atoms with Crippen molar-refractivity contribution in [2.24, 2.45) is 0 Å². The molecule has 1 atom stereocenters. The van der Waals surface area contributed by atoms with Crippen molar-refractivity contribution in [3.05, 3.63) is 39.8 Å². The molecule has 1 aliphatic rings. The number of benzene rings is 1. The largest absolute Gasteiger partial charge is 0.497 e. The first-order valence-electron chi connectivity index (χ1n) is 8.04. The third-order valence-electron chi connectivity index (χ3n) is 4.37. The highest BCUT2D eigenvalue weighted by atomic mass is 32.1. The van der Waals surface area contributed by atoms with Crippen LogP contribution in [0.4, 0.5) is 0 Å². The van der Waals surface area contributed by atoms with Gasteiger partial charge in [0.25, 0.3) is 0 Å². The molecule has 1 aromatic heterocycles. The minimum Gasteiger partial charge on any atom is -0.497 e. The van der Waals surface area contributed by atoms with Crippen molar-refractivity contribution in [1.29, 1.82) is 0 Å². The number of hydrogen-bond acceptors (Lipinski definition) is 5. The number of amides is 1. The number of aromatic nitrogens is 1. The standard InChI is InChI=1S/C18H22N2O3S/c1-12-19-13(11-24-12)9-18(21)20-8-4-5-16(20)15-10-14(22-2)6-7-17(15)23-3/h6-7,10-11,16H,4-5,8-9H2,1-3H3. The summed E-state index contributed by atoms with van der Waals surface area (Å²) in [5.41, 5.74) is 1.86. The summed E-state index contributed by atoms with van der Waals surface area (Å²) in [6, 6.07) is 5.78. The van der Waals surface area contributed by atoms with Crippen LogP contribution in [0.1, 0.15) is 35.1 Å². The average molecular weight is 346 g/mol. The lowest BCUT2D eigenvalue weighted by atomic mass is 10.0. The fourth-order valence-corrected chi connectivity index (χ4v) is 3.85. The van der Waals surface area contributed by atoms with Crippen LogP contribution in [0.3, 0.4) is 0 Å². The number of aryl methyl sites for hydroxylation is 1. The van der Waals surface area contributed by atoms with E-state index < -0.39 is 0 Å². The smallest absolute Gasteiger partial charge is 0.229 e. The lowest BCUT2D eigenvalue weighted by Crippen LogP contribution is -2.32. The summed E-state index contributed by atoms with van der Waals surface area (Å²) in [5, 5.41) is 2.95. The average Bonchev–Trinajstić information content (AvgIpc) is 3.23. The summed E-state index contributed by atoms with van der Waals surface area (Å²) < 4.78 is 10.8. The summed E-state index contributed by atoms with van der Waals surface area (Å²) in [6.07, 6.45) is 2.28. The number of ether oxygens (including phenoxy) is 2. The van der Waals surface area contributed by atoms with Crippen molar-refractivity contribution in [2.45, 2.75) is 32.2 Å². The highest BCUT2D eigenvalue weighted by Crippen LogP contribution is 2.39. The Hall–Kier alpha value is -2.08. The zero-order valence-electron chi connectivity index (χ0n) is 14.2. The van der Waals surface area contributed by atoms with Gasteiger partial charge in [-0.1, -0.05) is 0 Å². The summed E-state index contributed by atoms with van der Waals surface area (Å²) in [4.78, 5) is 19.1. The summed E-state index contributed by atoms with van der Waals surface area (Å²) >= 11 is 1.58. The zero-order valence-corrected chi connectivity index (χ0v) is 15.1. The Morgan fingerprint density at radius 1 is 1.38 bits per heavy atom. The van der Waals surface area contributed by atoms with Gasteiger partial charge in [0.2, 0.25) is 5.91 Å². The molecule has 1 amide bonds. The van der Waals surface area contributed by atoms with Crippen LogP contribution in [-0.4, -0.2) is 36.6 Å². The molecule has 1 aromatic carbocycles. The number of rotatable bonds is 5. The Labute approximate surface area is 146 Å². The molecule has 0 spiro atoms. The third-order valence-corrected chi connectivity index (χ3v) is 5.19. The van der Waals surface area contributed by atoms with Gasteiger partial charge in [0.15, 0.2) is 0 Å². The first-order chi connectivity index (χ1) is 11.6. The normalized spacial score (nSPS) is 17.1. The quantitative estimate of drug-likeness (QED) is 0.833. The Kier molecular flexibility index (Phi) is 5.04. The molecule has 1 unspecified atom stereocenters. The van der Waals surface area contributed by atoms with Crippen molar-refractivity contribution in [1.82, 2.24) is 9.88 Å². The van der Waals surface area contributed by atoms with Crippen molar-refractivity contribution in [3.8, 4) is 11.5 Å². The second-order valence-electron chi connectivity index (χ2n) is 5.89. The van der Waals surface area contributed by atoms with Crippen molar-refractivity contribution in [2.75, 3.05) is 20.8 Å². The van der Waals surface area contributed by atoms with Gasteiger partial charge in [0.1, 0.15) is 11.5 Å². The van der Waals surface area contributed by atoms with Crippen LogP contribution in [0.25, 0.3) is 0 Å². The van der Waals surface area contributed by atoms with Gasteiger partial charge in [0.05, 0.1) is 37.4 Å². The van der Waals surface area contributed by atoms with Gasteiger partial charge in [-0.25, -0.2) is 4.98 Å². The van der Waals surface area contributed by atoms with Crippen LogP contribution in [0.2, 0.25) is 0 Å². The molecular formula is C18H22N2O3S. The molecule has 2 aromatic rings. The number of methoxy groups -OCH3 is 2. The Morgan fingerprint density at radius 2 is 2.21 bits per heavy atom. The van der Waals surface area contributed by atoms with Crippen LogP contribution >= 0.6 is 11.3 Å². The lowest BCUT2D eigenvalue weighted by Gasteiger charge is -2.26. The number of carbonyl (C=O) groups excluding carboxylic acids is 1. The predicted molar refractivity (Wildman–Crippen MR) is 93.8 cm³/mol. The van der Waals surface area contributed by atoms with Gasteiger partial charge in [0, 0.05) is 17.5 Å². The van der Waals surface area contributed by atoms with E-state index in [-0.39, 0.29) is 11.9 Å². The second kappa shape index (κ2) is 7.21. The first-order valence-corrected chi connectivity index (χ1v) is 8.92. The highest BCUT2D eigenvalue weighted by Gasteiger charge is 2.32. The highest BCUT2D eigenvalue weighted by molar-refractivity contribution is 7.09. The minimum atomic E-state index is 0.0299. The van der Waals surface area contributed by atoms with E-state index in [4.69, 9.17) is 9.47 Å². The lowest BCUT2D eigenvalue weighted by molar-refractivity contribution is -0.131. The van der Waals surface area contributed by atoms with Crippen LogP contribution in [-0.2, 0) is 11.2 Å². The Bertz CT molecular complexity index is 729. The van der Waals surface area contributed by atoms with Crippen LogP contribution in [0, 0.1) is 6.92 Å². The molecule has 1 fully saturated rings. The molecule has 0 aliphatic carbocycles. The van der Waals surface area contributed by atoms with Crippen LogP contribution < -0.4 is 9.47 Å². The van der Waals surface area contributed by atoms with Crippen molar-refractivity contribution >= 4 is 17.2 Å². The number of thiazole rings is 1. The Morgan fingerprint density at radius 3 is 2.88 bits per heavy atom. The molecule has 5 nitrogen and oxygen atoms in total. The SMILES string of the molecule is COc1ccc(OC)c(C2CCCN2C(=O)Cc2csc(C)n2)c1. The maximum absolute atomic E-state index is 12.8. The molecule has 0 bridgehead atoms. The molecular weight excluding hydrogens is 324 g/mol. The van der Waals surface area contributed by atoms with E-state index in [0.29, 0.717) is 6.42 Å². The predicted octanol–water partition coefficient (Wildman–Crippen LogP) is 3.37. The molecule has 1 aliphatic heterocycles. The van der Waals surface area contributed by atoms with E-state index in [1.165, 1.54) is 0 Å². The third kappa shape index (κ3) is 3.38. The van der Waals surface area contributed by atoms with E-state index in [0.717, 1.165) is 47.2 Å². The van der Waals surface area contributed by atoms with Crippen LogP contribution in [0.5, 0.6) is 11.5 Å². The van der Waals surface area contributed by atoms with Gasteiger partial charge >= 0.3 is 0 Å². The number of nitrogens with zero attached hydrogens (tertiary/aromatic N) is 2. The number of carbonyl (C=O) groups is 1. The summed E-state index contributed by atoms with van der Waals surface area (Å²) in [5.74, 6) is 1.69. The second-order valence-corrected chi connectivity index (χ2v) is 6.95. The first kappa shape index (κ1) is 16.8. The molecule has 24 heavy (non-hydrogen) atoms. The molecule has 0 N–H and O–H groups in total. The Balaban J connectivity index is 1.83. The molecule has 0 radical (unpaired) electrons. The molecule has 3 rings (SSSR count). The maximum Gasteiger partial charge on any atom is 0.229 e. The molecule has 128 valence electrons. The molecule has 6 heteroatoms. The minimum absolute atomic E-state index is 0.0299. The van der Waals surface area contributed by atoms with Crippen LogP contribution in [0.15, 0.2) is 23.6 Å². The van der Waals surface area contributed by atoms with Gasteiger partial charge < -0.3 is 14.4 Å². The van der Waals surface area contributed by atoms with E-state index in [1.54, 1.807) is 25.6 Å². The molecule has 2 heterocycles. The van der Waals surface area contributed by atoms with E-state index in [2.05, 4.69) is 4.98 Å². The van der Waals surface area contributed by atoms with Gasteiger partial charge in [-0.3, -0.25) is 4.79 Å². The van der Waals surface area contributed by atoms with E-state index >= 15 is 0 Å². The van der Waals surface area contributed by atoms with E-state index in [1.807, 2.05) is 35.4 Å². The zero-order chi connectivity index (χ0) is 17.1. The monoisotopic (exact) mass is 346 g/mol. The van der Waals surface area contributed by atoms with Gasteiger partial charge in [-0.05, 0) is 38.0 Å². The van der Waals surface area contributed by atoms with Gasteiger partial charge in [-0.15, -0.1) is 11.3 Å². The van der Waals surface area contributed by atoms with Crippen molar-refractivity contribution < 1.29 is 14.3 Å². The van der Waals surface area contributed by atoms with Gasteiger partial charge in [-0.2, -0.15) is 0 Å². The molecule has 0 saturated carbocycles. The number of likely N-dealkylation sites (tertiary alicyclic amines) is 1. The fourth-order valence-electron chi connectivity index (χ4n) is 3.23.